The summed E-state index contributed by atoms with van der Waals surface area (Å²) in [6.45, 7) is 6.34. The standard InChI is InChI=1S/C13H19NO2/c1-13(2,3)10-6-9(12(15)16-5)7-11(8-10)14-4/h6-8,14H,1-5H3. The number of carbonyl (C=O) groups excluding carboxylic acids is 1. The summed E-state index contributed by atoms with van der Waals surface area (Å²) in [7, 11) is 3.23. The molecule has 0 spiro atoms. The molecule has 0 radical (unpaired) electrons. The Morgan fingerprint density at radius 2 is 1.88 bits per heavy atom. The largest absolute Gasteiger partial charge is 0.465 e. The second-order valence-corrected chi connectivity index (χ2v) is 4.79. The lowest BCUT2D eigenvalue weighted by atomic mass is 9.86. The summed E-state index contributed by atoms with van der Waals surface area (Å²) in [5.41, 5.74) is 2.63. The van der Waals surface area contributed by atoms with E-state index in [1.165, 1.54) is 7.11 Å². The van der Waals surface area contributed by atoms with Gasteiger partial charge in [0.15, 0.2) is 0 Å². The van der Waals surface area contributed by atoms with Crippen LogP contribution in [0.25, 0.3) is 0 Å². The highest BCUT2D eigenvalue weighted by molar-refractivity contribution is 5.90. The summed E-state index contributed by atoms with van der Waals surface area (Å²) in [5.74, 6) is -0.303. The molecule has 0 atom stereocenters. The van der Waals surface area contributed by atoms with Crippen LogP contribution < -0.4 is 5.32 Å². The van der Waals surface area contributed by atoms with Crippen LogP contribution in [0.15, 0.2) is 18.2 Å². The first-order valence-corrected chi connectivity index (χ1v) is 5.30. The van der Waals surface area contributed by atoms with Crippen LogP contribution in [0.3, 0.4) is 0 Å². The molecule has 0 aliphatic rings. The Labute approximate surface area is 96.8 Å². The van der Waals surface area contributed by atoms with Crippen molar-refractivity contribution in [1.82, 2.24) is 0 Å². The number of anilines is 1. The summed E-state index contributed by atoms with van der Waals surface area (Å²) in [6, 6.07) is 5.72. The van der Waals surface area contributed by atoms with E-state index in [1.807, 2.05) is 19.2 Å². The molecule has 1 aromatic rings. The number of hydrogen-bond donors (Lipinski definition) is 1. The van der Waals surface area contributed by atoms with Gasteiger partial charge in [-0.15, -0.1) is 0 Å². The van der Waals surface area contributed by atoms with Crippen molar-refractivity contribution in [2.75, 3.05) is 19.5 Å². The molecule has 0 heterocycles. The molecule has 1 aromatic carbocycles. The SMILES string of the molecule is CNc1cc(C(=O)OC)cc(C(C)(C)C)c1. The monoisotopic (exact) mass is 221 g/mol. The van der Waals surface area contributed by atoms with Crippen molar-refractivity contribution in [3.8, 4) is 0 Å². The molecular weight excluding hydrogens is 202 g/mol. The zero-order chi connectivity index (χ0) is 12.3. The summed E-state index contributed by atoms with van der Waals surface area (Å²) >= 11 is 0. The Morgan fingerprint density at radius 3 is 2.31 bits per heavy atom. The van der Waals surface area contributed by atoms with E-state index in [0.29, 0.717) is 5.56 Å². The Morgan fingerprint density at radius 1 is 1.25 bits per heavy atom. The fourth-order valence-corrected chi connectivity index (χ4v) is 1.44. The second kappa shape index (κ2) is 4.56. The van der Waals surface area contributed by atoms with Crippen LogP contribution in [-0.4, -0.2) is 20.1 Å². The predicted molar refractivity (Wildman–Crippen MR) is 66.0 cm³/mol. The number of methoxy groups -OCH3 is 1. The van der Waals surface area contributed by atoms with Crippen LogP contribution in [0.4, 0.5) is 5.69 Å². The molecule has 88 valence electrons. The molecule has 0 fully saturated rings. The highest BCUT2D eigenvalue weighted by atomic mass is 16.5. The van der Waals surface area contributed by atoms with Crippen LogP contribution in [0.1, 0.15) is 36.7 Å². The molecule has 0 amide bonds. The zero-order valence-electron chi connectivity index (χ0n) is 10.5. The van der Waals surface area contributed by atoms with E-state index < -0.39 is 0 Å². The van der Waals surface area contributed by atoms with Crippen molar-refractivity contribution in [2.45, 2.75) is 26.2 Å². The molecule has 1 N–H and O–H groups in total. The minimum absolute atomic E-state index is 0.00955. The minimum atomic E-state index is -0.303. The topological polar surface area (TPSA) is 38.3 Å². The Hall–Kier alpha value is -1.51. The van der Waals surface area contributed by atoms with E-state index in [0.717, 1.165) is 11.3 Å². The molecule has 0 aromatic heterocycles. The second-order valence-electron chi connectivity index (χ2n) is 4.79. The number of carbonyl (C=O) groups is 1. The van der Waals surface area contributed by atoms with E-state index in [1.54, 1.807) is 6.07 Å². The van der Waals surface area contributed by atoms with Gasteiger partial charge >= 0.3 is 5.97 Å². The third-order valence-corrected chi connectivity index (χ3v) is 2.51. The van der Waals surface area contributed by atoms with Crippen molar-refractivity contribution < 1.29 is 9.53 Å². The maximum absolute atomic E-state index is 11.5. The fourth-order valence-electron chi connectivity index (χ4n) is 1.44. The Balaban J connectivity index is 3.27. The molecule has 3 nitrogen and oxygen atoms in total. The van der Waals surface area contributed by atoms with Gasteiger partial charge < -0.3 is 10.1 Å². The molecular formula is C13H19NO2. The van der Waals surface area contributed by atoms with Gasteiger partial charge in [-0.1, -0.05) is 20.8 Å². The molecule has 0 saturated heterocycles. The van der Waals surface area contributed by atoms with Crippen molar-refractivity contribution >= 4 is 11.7 Å². The van der Waals surface area contributed by atoms with E-state index >= 15 is 0 Å². The van der Waals surface area contributed by atoms with Crippen LogP contribution in [0, 0.1) is 0 Å². The number of esters is 1. The average Bonchev–Trinajstić information content (AvgIpc) is 2.26. The molecule has 0 aliphatic carbocycles. The molecule has 0 bridgehead atoms. The minimum Gasteiger partial charge on any atom is -0.465 e. The van der Waals surface area contributed by atoms with E-state index in [2.05, 4.69) is 26.1 Å². The van der Waals surface area contributed by atoms with Gasteiger partial charge in [0.25, 0.3) is 0 Å². The molecule has 0 aliphatic heterocycles. The quantitative estimate of drug-likeness (QED) is 0.780. The van der Waals surface area contributed by atoms with E-state index in [-0.39, 0.29) is 11.4 Å². The van der Waals surface area contributed by atoms with Crippen LogP contribution in [-0.2, 0) is 10.2 Å². The third-order valence-electron chi connectivity index (χ3n) is 2.51. The maximum Gasteiger partial charge on any atom is 0.337 e. The summed E-state index contributed by atoms with van der Waals surface area (Å²) in [6.07, 6.45) is 0. The first-order chi connectivity index (χ1) is 7.38. The summed E-state index contributed by atoms with van der Waals surface area (Å²) in [4.78, 5) is 11.5. The number of rotatable bonds is 2. The normalized spacial score (nSPS) is 11.1. The fraction of sp³-hybridized carbons (Fsp3) is 0.462. The third kappa shape index (κ3) is 2.75. The lowest BCUT2D eigenvalue weighted by Crippen LogP contribution is -2.13. The van der Waals surface area contributed by atoms with Gasteiger partial charge in [0.05, 0.1) is 12.7 Å². The van der Waals surface area contributed by atoms with Gasteiger partial charge in [-0.3, -0.25) is 0 Å². The van der Waals surface area contributed by atoms with Crippen molar-refractivity contribution in [2.24, 2.45) is 0 Å². The zero-order valence-corrected chi connectivity index (χ0v) is 10.5. The van der Waals surface area contributed by atoms with Crippen LogP contribution in [0.2, 0.25) is 0 Å². The van der Waals surface area contributed by atoms with Gasteiger partial charge in [-0.2, -0.15) is 0 Å². The average molecular weight is 221 g/mol. The number of hydrogen-bond acceptors (Lipinski definition) is 3. The van der Waals surface area contributed by atoms with Gasteiger partial charge in [-0.25, -0.2) is 4.79 Å². The van der Waals surface area contributed by atoms with Gasteiger partial charge in [0, 0.05) is 12.7 Å². The lowest BCUT2D eigenvalue weighted by molar-refractivity contribution is 0.0600. The molecule has 1 rings (SSSR count). The highest BCUT2D eigenvalue weighted by Gasteiger charge is 2.17. The van der Waals surface area contributed by atoms with Crippen molar-refractivity contribution in [3.63, 3.8) is 0 Å². The number of nitrogens with one attached hydrogen (secondary N) is 1. The highest BCUT2D eigenvalue weighted by Crippen LogP contribution is 2.26. The lowest BCUT2D eigenvalue weighted by Gasteiger charge is -2.20. The smallest absolute Gasteiger partial charge is 0.337 e. The van der Waals surface area contributed by atoms with Crippen LogP contribution in [0.5, 0.6) is 0 Å². The van der Waals surface area contributed by atoms with E-state index in [9.17, 15) is 4.79 Å². The van der Waals surface area contributed by atoms with E-state index in [4.69, 9.17) is 4.74 Å². The Bertz CT molecular complexity index is 391. The van der Waals surface area contributed by atoms with Gasteiger partial charge in [0.2, 0.25) is 0 Å². The first kappa shape index (κ1) is 12.6. The molecule has 0 saturated carbocycles. The summed E-state index contributed by atoms with van der Waals surface area (Å²) < 4.78 is 4.74. The predicted octanol–water partition coefficient (Wildman–Crippen LogP) is 2.81. The Kier molecular flexibility index (Phi) is 3.58. The number of benzene rings is 1. The van der Waals surface area contributed by atoms with Gasteiger partial charge in [0.1, 0.15) is 0 Å². The van der Waals surface area contributed by atoms with Crippen LogP contribution >= 0.6 is 0 Å². The molecule has 3 heteroatoms. The molecule has 0 unspecified atom stereocenters. The maximum atomic E-state index is 11.5. The summed E-state index contributed by atoms with van der Waals surface area (Å²) in [5, 5.41) is 3.05. The first-order valence-electron chi connectivity index (χ1n) is 5.30. The van der Waals surface area contributed by atoms with Gasteiger partial charge in [-0.05, 0) is 29.2 Å². The number of ether oxygens (including phenoxy) is 1. The van der Waals surface area contributed by atoms with Crippen molar-refractivity contribution in [1.29, 1.82) is 0 Å². The van der Waals surface area contributed by atoms with Crippen molar-refractivity contribution in [3.05, 3.63) is 29.3 Å². The molecule has 16 heavy (non-hydrogen) atoms.